The van der Waals surface area contributed by atoms with Gasteiger partial charge in [-0.1, -0.05) is 12.1 Å². The van der Waals surface area contributed by atoms with Gasteiger partial charge in [-0.25, -0.2) is 4.79 Å². The third-order valence-electron chi connectivity index (χ3n) is 3.05. The van der Waals surface area contributed by atoms with E-state index in [1.807, 2.05) is 6.07 Å². The van der Waals surface area contributed by atoms with Crippen LogP contribution in [0.15, 0.2) is 24.3 Å². The molecule has 0 bridgehead atoms. The van der Waals surface area contributed by atoms with Crippen molar-refractivity contribution in [3.8, 4) is 6.07 Å². The molecule has 1 aromatic rings. The summed E-state index contributed by atoms with van der Waals surface area (Å²) in [6.07, 6.45) is 2.78. The van der Waals surface area contributed by atoms with E-state index in [-0.39, 0.29) is 6.61 Å². The van der Waals surface area contributed by atoms with E-state index in [0.29, 0.717) is 5.56 Å². The molecule has 1 saturated heterocycles. The van der Waals surface area contributed by atoms with Gasteiger partial charge < -0.3 is 4.90 Å². The number of hydrogen-bond donors (Lipinski definition) is 0. The van der Waals surface area contributed by atoms with Gasteiger partial charge in [0, 0.05) is 13.1 Å². The summed E-state index contributed by atoms with van der Waals surface area (Å²) in [5.41, 5.74) is 1.44. The second-order valence-corrected chi connectivity index (χ2v) is 4.47. The molecule has 1 amide bonds. The van der Waals surface area contributed by atoms with Crippen LogP contribution in [0.1, 0.15) is 30.4 Å². The molecule has 1 aliphatic heterocycles. The summed E-state index contributed by atoms with van der Waals surface area (Å²) in [6, 6.07) is 8.98. The summed E-state index contributed by atoms with van der Waals surface area (Å²) in [4.78, 5) is 23.0. The van der Waals surface area contributed by atoms with Crippen molar-refractivity contribution in [2.75, 3.05) is 13.1 Å². The summed E-state index contributed by atoms with van der Waals surface area (Å²) in [6.45, 7) is 1.66. The molecule has 0 saturated carbocycles. The van der Waals surface area contributed by atoms with Crippen LogP contribution < -0.4 is 0 Å². The van der Waals surface area contributed by atoms with Crippen molar-refractivity contribution in [1.82, 2.24) is 4.90 Å². The first-order chi connectivity index (χ1) is 9.29. The van der Waals surface area contributed by atoms with Crippen molar-refractivity contribution in [3.05, 3.63) is 35.4 Å². The third kappa shape index (κ3) is 3.97. The molecule has 1 aliphatic rings. The first-order valence-corrected chi connectivity index (χ1v) is 6.37. The highest BCUT2D eigenvalue weighted by Gasteiger charge is 2.18. The Hall–Kier alpha value is -2.06. The molecule has 0 N–H and O–H groups in total. The highest BCUT2D eigenvalue weighted by atomic mass is 17.2. The number of carbonyl (C=O) groups excluding carboxylic acids is 1. The molecule has 2 rings (SSSR count). The van der Waals surface area contributed by atoms with Gasteiger partial charge in [0.2, 0.25) is 0 Å². The first-order valence-electron chi connectivity index (χ1n) is 6.37. The number of carbonyl (C=O) groups is 1. The lowest BCUT2D eigenvalue weighted by Crippen LogP contribution is -2.36. The number of benzene rings is 1. The van der Waals surface area contributed by atoms with Crippen LogP contribution >= 0.6 is 0 Å². The fraction of sp³-hybridized carbons (Fsp3) is 0.429. The smallest absolute Gasteiger partial charge is 0.306 e. The summed E-state index contributed by atoms with van der Waals surface area (Å²) < 4.78 is 0. The molecular weight excluding hydrogens is 244 g/mol. The Morgan fingerprint density at radius 2 is 1.89 bits per heavy atom. The van der Waals surface area contributed by atoms with Gasteiger partial charge in [0.25, 0.3) is 0 Å². The van der Waals surface area contributed by atoms with Crippen molar-refractivity contribution in [2.45, 2.75) is 25.9 Å². The average molecular weight is 260 g/mol. The number of piperidine rings is 1. The van der Waals surface area contributed by atoms with E-state index in [1.54, 1.807) is 29.2 Å². The third-order valence-corrected chi connectivity index (χ3v) is 3.05. The highest BCUT2D eigenvalue weighted by molar-refractivity contribution is 5.66. The Morgan fingerprint density at radius 1 is 1.21 bits per heavy atom. The van der Waals surface area contributed by atoms with E-state index >= 15 is 0 Å². The van der Waals surface area contributed by atoms with Crippen LogP contribution in [-0.2, 0) is 16.4 Å². The molecule has 0 spiro atoms. The summed E-state index contributed by atoms with van der Waals surface area (Å²) in [5, 5.41) is 8.67. The van der Waals surface area contributed by atoms with Crippen molar-refractivity contribution in [3.63, 3.8) is 0 Å². The molecule has 0 atom stereocenters. The number of nitrogens with zero attached hydrogens (tertiary/aromatic N) is 2. The minimum absolute atomic E-state index is 0.186. The molecule has 0 aromatic heterocycles. The normalized spacial score (nSPS) is 14.8. The minimum Gasteiger partial charge on any atom is -0.306 e. The lowest BCUT2D eigenvalue weighted by molar-refractivity contribution is -0.255. The number of nitriles is 1. The van der Waals surface area contributed by atoms with Gasteiger partial charge in [-0.15, -0.1) is 0 Å². The van der Waals surface area contributed by atoms with Gasteiger partial charge in [-0.3, -0.25) is 4.89 Å². The molecule has 1 aromatic carbocycles. The van der Waals surface area contributed by atoms with Gasteiger partial charge in [-0.2, -0.15) is 10.1 Å². The molecule has 0 aliphatic carbocycles. The van der Waals surface area contributed by atoms with E-state index < -0.39 is 6.09 Å². The lowest BCUT2D eigenvalue weighted by atomic mass is 10.1. The molecule has 1 fully saturated rings. The van der Waals surface area contributed by atoms with Crippen molar-refractivity contribution >= 4 is 6.09 Å². The maximum absolute atomic E-state index is 11.6. The largest absolute Gasteiger partial charge is 0.441 e. The van der Waals surface area contributed by atoms with E-state index in [2.05, 4.69) is 0 Å². The second-order valence-electron chi connectivity index (χ2n) is 4.47. The minimum atomic E-state index is -0.423. The number of amides is 1. The topological polar surface area (TPSA) is 62.6 Å². The molecule has 0 unspecified atom stereocenters. The molecule has 5 heteroatoms. The Kier molecular flexibility index (Phi) is 4.76. The predicted molar refractivity (Wildman–Crippen MR) is 67.9 cm³/mol. The molecule has 5 nitrogen and oxygen atoms in total. The molecule has 19 heavy (non-hydrogen) atoms. The van der Waals surface area contributed by atoms with Gasteiger partial charge in [0.05, 0.1) is 11.6 Å². The summed E-state index contributed by atoms with van der Waals surface area (Å²) >= 11 is 0. The van der Waals surface area contributed by atoms with Crippen LogP contribution in [0, 0.1) is 11.3 Å². The zero-order chi connectivity index (χ0) is 13.5. The zero-order valence-electron chi connectivity index (χ0n) is 10.7. The predicted octanol–water partition coefficient (Wildman–Crippen LogP) is 2.61. The highest BCUT2D eigenvalue weighted by Crippen LogP contribution is 2.11. The Labute approximate surface area is 112 Å². The number of likely N-dealkylation sites (tertiary alicyclic amines) is 1. The quantitative estimate of drug-likeness (QED) is 0.619. The van der Waals surface area contributed by atoms with Gasteiger partial charge in [-0.05, 0) is 37.0 Å². The monoisotopic (exact) mass is 260 g/mol. The van der Waals surface area contributed by atoms with E-state index in [0.717, 1.165) is 37.9 Å². The molecule has 100 valence electrons. The van der Waals surface area contributed by atoms with E-state index in [9.17, 15) is 4.79 Å². The molecule has 1 heterocycles. The summed E-state index contributed by atoms with van der Waals surface area (Å²) in [5.74, 6) is 0. The zero-order valence-corrected chi connectivity index (χ0v) is 10.7. The SMILES string of the molecule is N#Cc1ccc(COOC(=O)N2CCCCC2)cc1. The molecular formula is C14H16N2O3. The van der Waals surface area contributed by atoms with Crippen LogP contribution in [0.2, 0.25) is 0 Å². The standard InChI is InChI=1S/C14H16N2O3/c15-10-12-4-6-13(7-5-12)11-18-19-14(17)16-8-2-1-3-9-16/h4-7H,1-3,8-9,11H2. The van der Waals surface area contributed by atoms with Crippen LogP contribution in [0.5, 0.6) is 0 Å². The van der Waals surface area contributed by atoms with E-state index in [4.69, 9.17) is 15.0 Å². The number of hydrogen-bond acceptors (Lipinski definition) is 4. The maximum Gasteiger partial charge on any atom is 0.441 e. The first kappa shape index (κ1) is 13.4. The number of rotatable bonds is 3. The van der Waals surface area contributed by atoms with Crippen LogP contribution in [-0.4, -0.2) is 24.1 Å². The van der Waals surface area contributed by atoms with Crippen LogP contribution in [0.4, 0.5) is 4.79 Å². The summed E-state index contributed by atoms with van der Waals surface area (Å²) in [7, 11) is 0. The fourth-order valence-corrected chi connectivity index (χ4v) is 1.95. The van der Waals surface area contributed by atoms with E-state index in [1.165, 1.54) is 0 Å². The van der Waals surface area contributed by atoms with Crippen molar-refractivity contribution < 1.29 is 14.6 Å². The molecule has 0 radical (unpaired) electrons. The second kappa shape index (κ2) is 6.76. The van der Waals surface area contributed by atoms with Gasteiger partial charge >= 0.3 is 6.09 Å². The Bertz CT molecular complexity index is 459. The van der Waals surface area contributed by atoms with Crippen molar-refractivity contribution in [1.29, 1.82) is 5.26 Å². The lowest BCUT2D eigenvalue weighted by Gasteiger charge is -2.24. The van der Waals surface area contributed by atoms with Crippen molar-refractivity contribution in [2.24, 2.45) is 0 Å². The van der Waals surface area contributed by atoms with Gasteiger partial charge in [0.1, 0.15) is 6.61 Å². The van der Waals surface area contributed by atoms with Gasteiger partial charge in [0.15, 0.2) is 0 Å². The Morgan fingerprint density at radius 3 is 2.53 bits per heavy atom. The average Bonchev–Trinajstić information content (AvgIpc) is 2.49. The Balaban J connectivity index is 1.73. The van der Waals surface area contributed by atoms with Crippen LogP contribution in [0.3, 0.4) is 0 Å². The van der Waals surface area contributed by atoms with Crippen LogP contribution in [0.25, 0.3) is 0 Å². The maximum atomic E-state index is 11.6. The fourth-order valence-electron chi connectivity index (χ4n) is 1.95.